The molecular weight excluding hydrogens is 1110 g/mol. The molecule has 0 saturated carbocycles. The molecule has 3 amide bonds. The van der Waals surface area contributed by atoms with E-state index in [2.05, 4.69) is 36.7 Å². The Bertz CT molecular complexity index is 1760. The van der Waals surface area contributed by atoms with Gasteiger partial charge >= 0.3 is 0 Å². The van der Waals surface area contributed by atoms with Gasteiger partial charge in [-0.1, -0.05) is 213 Å². The lowest BCUT2D eigenvalue weighted by molar-refractivity contribution is -0.366. The number of nitrogens with one attached hydrogen (secondary N) is 3. The Labute approximate surface area is 514 Å². The Hall–Kier alpha value is -2.23. The van der Waals surface area contributed by atoms with Crippen molar-refractivity contribution in [3.8, 4) is 0 Å². The highest BCUT2D eigenvalue weighted by molar-refractivity contribution is 5.80. The van der Waals surface area contributed by atoms with Crippen LogP contribution in [0.2, 0.25) is 0 Å². The Morgan fingerprint density at radius 3 is 1.37 bits per heavy atom. The number of amides is 3. The molecule has 3 rings (SSSR count). The van der Waals surface area contributed by atoms with Crippen LogP contribution in [0.25, 0.3) is 0 Å². The second-order valence-corrected chi connectivity index (χ2v) is 25.4. The smallest absolute Gasteiger partial charge is 0.249 e. The summed E-state index contributed by atoms with van der Waals surface area (Å²) in [5.41, 5.74) is 0. The van der Waals surface area contributed by atoms with Crippen molar-refractivity contribution in [1.29, 1.82) is 0 Å². The minimum atomic E-state index is -1.92. The number of carbonyl (C=O) groups is 3. The van der Waals surface area contributed by atoms with Gasteiger partial charge in [-0.15, -0.1) is 0 Å². The van der Waals surface area contributed by atoms with Gasteiger partial charge in [0.15, 0.2) is 18.9 Å². The molecule has 22 nitrogen and oxygen atoms in total. The van der Waals surface area contributed by atoms with Crippen molar-refractivity contribution in [3.63, 3.8) is 0 Å². The summed E-state index contributed by atoms with van der Waals surface area (Å²) in [6, 6.07) is -4.44. The van der Waals surface area contributed by atoms with Gasteiger partial charge in [-0.25, -0.2) is 0 Å². The summed E-state index contributed by atoms with van der Waals surface area (Å²) >= 11 is 0. The molecule has 0 aromatic carbocycles. The van der Waals surface area contributed by atoms with E-state index < -0.39 is 154 Å². The van der Waals surface area contributed by atoms with E-state index in [1.54, 1.807) is 0 Å². The van der Waals surface area contributed by atoms with Crippen molar-refractivity contribution >= 4 is 17.7 Å². The van der Waals surface area contributed by atoms with Crippen molar-refractivity contribution in [2.45, 2.75) is 363 Å². The van der Waals surface area contributed by atoms with Crippen molar-refractivity contribution in [2.75, 3.05) is 19.8 Å². The predicted molar refractivity (Wildman–Crippen MR) is 325 cm³/mol. The topological polar surface area (TPSA) is 345 Å². The molecule has 0 aromatic rings. The van der Waals surface area contributed by atoms with E-state index >= 15 is 0 Å². The van der Waals surface area contributed by atoms with Gasteiger partial charge in [-0.2, -0.15) is 0 Å². The fourth-order valence-corrected chi connectivity index (χ4v) is 11.9. The Balaban J connectivity index is 1.75. The third-order valence-electron chi connectivity index (χ3n) is 17.3. The van der Waals surface area contributed by atoms with Crippen LogP contribution in [-0.2, 0) is 42.8 Å². The lowest BCUT2D eigenvalue weighted by atomic mass is 9.93. The third-order valence-corrected chi connectivity index (χ3v) is 17.3. The molecule has 0 aromatic heterocycles. The zero-order valence-corrected chi connectivity index (χ0v) is 53.4. The zero-order chi connectivity index (χ0) is 63.4. The first-order chi connectivity index (χ1) is 41.2. The Morgan fingerprint density at radius 2 is 0.907 bits per heavy atom. The normalized spacial score (nSPS) is 29.3. The summed E-state index contributed by atoms with van der Waals surface area (Å²) in [4.78, 5) is 39.4. The maximum absolute atomic E-state index is 13.8. The van der Waals surface area contributed by atoms with Gasteiger partial charge < -0.3 is 95.4 Å². The van der Waals surface area contributed by atoms with E-state index in [9.17, 15) is 65.4 Å². The first kappa shape index (κ1) is 78.0. The lowest BCUT2D eigenvalue weighted by Crippen LogP contribution is -2.71. The average Bonchev–Trinajstić information content (AvgIpc) is 1.17. The van der Waals surface area contributed by atoms with Crippen molar-refractivity contribution in [2.24, 2.45) is 5.92 Å². The molecule has 0 bridgehead atoms. The van der Waals surface area contributed by atoms with Crippen molar-refractivity contribution in [3.05, 3.63) is 0 Å². The molecule has 3 fully saturated rings. The minimum Gasteiger partial charge on any atom is -0.394 e. The lowest BCUT2D eigenvalue weighted by Gasteiger charge is -2.50. The average molecular weight is 1240 g/mol. The van der Waals surface area contributed by atoms with Crippen LogP contribution in [0.4, 0.5) is 0 Å². The Kier molecular flexibility index (Phi) is 40.9. The monoisotopic (exact) mass is 1240 g/mol. The molecule has 3 aliphatic heterocycles. The van der Waals surface area contributed by atoms with Crippen LogP contribution in [0.5, 0.6) is 0 Å². The van der Waals surface area contributed by atoms with Crippen molar-refractivity contribution < 1.29 is 93.9 Å². The van der Waals surface area contributed by atoms with E-state index in [0.717, 1.165) is 71.1 Å². The van der Waals surface area contributed by atoms with E-state index in [0.29, 0.717) is 12.8 Å². The molecule has 3 heterocycles. The van der Waals surface area contributed by atoms with Gasteiger partial charge in [0.05, 0.1) is 38.1 Å². The number of aliphatic hydroxyl groups excluding tert-OH is 10. The minimum absolute atomic E-state index is 0.145. The fraction of sp³-hybridized carbons (Fsp3) is 0.953. The largest absolute Gasteiger partial charge is 0.394 e. The van der Waals surface area contributed by atoms with E-state index in [-0.39, 0.29) is 12.8 Å². The summed E-state index contributed by atoms with van der Waals surface area (Å²) < 4.78 is 36.9. The maximum Gasteiger partial charge on any atom is 0.249 e. The number of hydrogen-bond donors (Lipinski definition) is 13. The zero-order valence-electron chi connectivity index (χ0n) is 53.4. The van der Waals surface area contributed by atoms with Crippen LogP contribution in [0, 0.1) is 5.92 Å². The van der Waals surface area contributed by atoms with Crippen LogP contribution >= 0.6 is 0 Å². The van der Waals surface area contributed by atoms with Crippen LogP contribution < -0.4 is 16.0 Å². The highest BCUT2D eigenvalue weighted by Gasteiger charge is 2.55. The molecule has 3 saturated heterocycles. The molecule has 0 unspecified atom stereocenters. The first-order valence-corrected chi connectivity index (χ1v) is 33.7. The van der Waals surface area contributed by atoms with E-state index in [1.165, 1.54) is 135 Å². The predicted octanol–water partition coefficient (Wildman–Crippen LogP) is 5.49. The van der Waals surface area contributed by atoms with Crippen LogP contribution in [0.1, 0.15) is 247 Å². The summed E-state index contributed by atoms with van der Waals surface area (Å²) in [6.45, 7) is 8.12. The van der Waals surface area contributed by atoms with Gasteiger partial charge in [-0.05, 0) is 25.7 Å². The third kappa shape index (κ3) is 29.4. The number of rotatable bonds is 48. The summed E-state index contributed by atoms with van der Waals surface area (Å²) in [5.74, 6) is -1.47. The summed E-state index contributed by atoms with van der Waals surface area (Å²) in [6.07, 6.45) is 9.30. The van der Waals surface area contributed by atoms with Crippen molar-refractivity contribution in [1.82, 2.24) is 16.0 Å². The number of carbonyl (C=O) groups excluding carboxylic acids is 3. The number of hydrogen-bond acceptors (Lipinski definition) is 19. The van der Waals surface area contributed by atoms with E-state index in [4.69, 9.17) is 28.4 Å². The second kappa shape index (κ2) is 45.1. The van der Waals surface area contributed by atoms with Crippen LogP contribution in [-0.4, -0.2) is 205 Å². The molecule has 3 aliphatic rings. The fourth-order valence-electron chi connectivity index (χ4n) is 11.9. The van der Waals surface area contributed by atoms with Gasteiger partial charge in [-0.3, -0.25) is 14.4 Å². The Morgan fingerprint density at radius 1 is 0.477 bits per heavy atom. The molecular formula is C64H121N3O19. The molecule has 13 N–H and O–H groups in total. The number of aliphatic hydroxyl groups is 10. The van der Waals surface area contributed by atoms with Crippen LogP contribution in [0.15, 0.2) is 0 Å². The molecule has 86 heavy (non-hydrogen) atoms. The molecule has 0 radical (unpaired) electrons. The quantitative estimate of drug-likeness (QED) is 0.0335. The molecule has 22 heteroatoms. The molecule has 0 aliphatic carbocycles. The standard InChI is InChI=1S/C64H121N3O19/c1-7-8-9-10-11-12-13-14-15-16-17-18-19-20-21-26-29-32-35-38-48(73)61(80)67-46(54(75)47(72)37-34-31-28-25-23-22-24-27-30-33-36-42(2)3)41-81-62-52(66-45(6)71)60(86-64-58(79)57(78)53(74)43(4)82-64)59(50(40-69)84-62)85-63-51(65-44(5)70)56(77)55(76)49(39-68)83-63/h42-43,46-60,62-64,68-69,72-79H,7-41H2,1-6H3,(H,65,70)(H,66,71)(H,67,80)/t43-,46+,47-,48-,49-,50-,51-,52-,53+,54+,55+,56-,57+,58-,59-,60-,62-,63+,64-/m1/s1. The summed E-state index contributed by atoms with van der Waals surface area (Å²) in [5, 5.41) is 118. The number of unbranched alkanes of at least 4 members (excludes halogenated alkanes) is 27. The molecule has 0 spiro atoms. The molecule has 506 valence electrons. The van der Waals surface area contributed by atoms with Gasteiger partial charge in [0.2, 0.25) is 17.7 Å². The van der Waals surface area contributed by atoms with Crippen LogP contribution in [0.3, 0.4) is 0 Å². The maximum atomic E-state index is 13.8. The van der Waals surface area contributed by atoms with Gasteiger partial charge in [0, 0.05) is 13.8 Å². The summed E-state index contributed by atoms with van der Waals surface area (Å²) in [7, 11) is 0. The highest BCUT2D eigenvalue weighted by Crippen LogP contribution is 2.34. The number of ether oxygens (including phenoxy) is 6. The second-order valence-electron chi connectivity index (χ2n) is 25.4. The highest BCUT2D eigenvalue weighted by atomic mass is 16.8. The van der Waals surface area contributed by atoms with E-state index in [1.807, 2.05) is 0 Å². The van der Waals surface area contributed by atoms with Gasteiger partial charge in [0.1, 0.15) is 79.2 Å². The van der Waals surface area contributed by atoms with Gasteiger partial charge in [0.25, 0.3) is 0 Å². The first-order valence-electron chi connectivity index (χ1n) is 33.7. The molecule has 19 atom stereocenters. The SMILES string of the molecule is CCCCCCCCCCCCCCCCCCCCC[C@@H](O)C(=O)N[C@@H](CO[C@@H]1O[C@H](CO)[C@@H](O[C@@H]2O[C@H](CO)[C@H](O)[C@H](O)[C@H]2NC(C)=O)[C@H](O[C@H]2O[C@H](C)[C@H](O)[C@H](O)[C@H]2O)[C@H]1NC(C)=O)[C@H](O)[C@H](O)CCCCCCCCCCCCC(C)C.